The first-order valence-corrected chi connectivity index (χ1v) is 7.01. The third-order valence-corrected chi connectivity index (χ3v) is 3.80. The SMILES string of the molecule is O=C(O)c1cnc(N(Cc2ccsc2)C2CC2)cn1. The van der Waals surface area contributed by atoms with E-state index in [-0.39, 0.29) is 5.69 Å². The summed E-state index contributed by atoms with van der Waals surface area (Å²) in [6.07, 6.45) is 5.19. The van der Waals surface area contributed by atoms with E-state index in [9.17, 15) is 4.79 Å². The Morgan fingerprint density at radius 1 is 1.42 bits per heavy atom. The number of anilines is 1. The molecule has 6 heteroatoms. The second-order valence-corrected chi connectivity index (χ2v) is 5.34. The normalized spacial score (nSPS) is 14.3. The Hall–Kier alpha value is -1.95. The van der Waals surface area contributed by atoms with Crippen LogP contribution in [0.15, 0.2) is 29.2 Å². The molecule has 0 unspecified atom stereocenters. The molecule has 1 fully saturated rings. The zero-order chi connectivity index (χ0) is 13.2. The lowest BCUT2D eigenvalue weighted by Crippen LogP contribution is -2.26. The highest BCUT2D eigenvalue weighted by atomic mass is 32.1. The molecule has 1 aliphatic carbocycles. The highest BCUT2D eigenvalue weighted by Gasteiger charge is 2.30. The topological polar surface area (TPSA) is 66.3 Å². The molecule has 2 aromatic rings. The van der Waals surface area contributed by atoms with Gasteiger partial charge in [-0.2, -0.15) is 11.3 Å². The monoisotopic (exact) mass is 275 g/mol. The van der Waals surface area contributed by atoms with Gasteiger partial charge in [-0.05, 0) is 35.2 Å². The van der Waals surface area contributed by atoms with E-state index in [1.165, 1.54) is 11.8 Å². The van der Waals surface area contributed by atoms with E-state index in [2.05, 4.69) is 31.7 Å². The standard InChI is InChI=1S/C13H13N3O2S/c17-13(18)11-5-15-12(6-14-11)16(10-1-2-10)7-9-3-4-19-8-9/h3-6,8,10H,1-2,7H2,(H,17,18). The fourth-order valence-electron chi connectivity index (χ4n) is 1.94. The van der Waals surface area contributed by atoms with Gasteiger partial charge in [-0.25, -0.2) is 14.8 Å². The second-order valence-electron chi connectivity index (χ2n) is 4.56. The summed E-state index contributed by atoms with van der Waals surface area (Å²) in [6, 6.07) is 2.60. The van der Waals surface area contributed by atoms with Crippen molar-refractivity contribution in [1.29, 1.82) is 0 Å². The molecular weight excluding hydrogens is 262 g/mol. The summed E-state index contributed by atoms with van der Waals surface area (Å²) in [6.45, 7) is 0.801. The van der Waals surface area contributed by atoms with Crippen LogP contribution in [-0.4, -0.2) is 27.1 Å². The molecule has 1 N–H and O–H groups in total. The van der Waals surface area contributed by atoms with E-state index in [0.717, 1.165) is 25.2 Å². The Morgan fingerprint density at radius 3 is 2.79 bits per heavy atom. The highest BCUT2D eigenvalue weighted by Crippen LogP contribution is 2.32. The summed E-state index contributed by atoms with van der Waals surface area (Å²) >= 11 is 1.67. The number of aromatic nitrogens is 2. The van der Waals surface area contributed by atoms with Gasteiger partial charge in [0.1, 0.15) is 5.82 Å². The van der Waals surface area contributed by atoms with Crippen molar-refractivity contribution in [2.45, 2.75) is 25.4 Å². The zero-order valence-corrected chi connectivity index (χ0v) is 11.0. The fraction of sp³-hybridized carbons (Fsp3) is 0.308. The Kier molecular flexibility index (Phi) is 3.16. The maximum absolute atomic E-state index is 10.8. The number of thiophene rings is 1. The van der Waals surface area contributed by atoms with E-state index < -0.39 is 5.97 Å². The Balaban J connectivity index is 1.81. The fourth-order valence-corrected chi connectivity index (χ4v) is 2.60. The molecule has 3 rings (SSSR count). The Labute approximate surface area is 114 Å². The van der Waals surface area contributed by atoms with Crippen molar-refractivity contribution < 1.29 is 9.90 Å². The number of carboxylic acid groups (broad SMARTS) is 1. The maximum atomic E-state index is 10.8. The average molecular weight is 275 g/mol. The molecule has 98 valence electrons. The van der Waals surface area contributed by atoms with Crippen molar-refractivity contribution in [3.63, 3.8) is 0 Å². The molecule has 0 radical (unpaired) electrons. The van der Waals surface area contributed by atoms with Crippen molar-refractivity contribution in [2.75, 3.05) is 4.90 Å². The minimum atomic E-state index is -1.05. The van der Waals surface area contributed by atoms with Crippen molar-refractivity contribution in [1.82, 2.24) is 9.97 Å². The Morgan fingerprint density at radius 2 is 2.26 bits per heavy atom. The predicted molar refractivity (Wildman–Crippen MR) is 72.5 cm³/mol. The summed E-state index contributed by atoms with van der Waals surface area (Å²) in [7, 11) is 0. The molecule has 1 saturated carbocycles. The van der Waals surface area contributed by atoms with Crippen molar-refractivity contribution in [2.24, 2.45) is 0 Å². The van der Waals surface area contributed by atoms with Crippen LogP contribution in [0.5, 0.6) is 0 Å². The van der Waals surface area contributed by atoms with E-state index in [1.54, 1.807) is 17.5 Å². The van der Waals surface area contributed by atoms with Gasteiger partial charge in [0.2, 0.25) is 0 Å². The molecule has 0 amide bonds. The first kappa shape index (κ1) is 12.1. The lowest BCUT2D eigenvalue weighted by molar-refractivity contribution is 0.0690. The molecule has 2 heterocycles. The van der Waals surface area contributed by atoms with Gasteiger partial charge in [0.15, 0.2) is 5.69 Å². The van der Waals surface area contributed by atoms with Gasteiger partial charge in [-0.1, -0.05) is 0 Å². The molecule has 0 bridgehead atoms. The van der Waals surface area contributed by atoms with Gasteiger partial charge in [0.25, 0.3) is 0 Å². The van der Waals surface area contributed by atoms with Crippen LogP contribution in [0.25, 0.3) is 0 Å². The number of hydrogen-bond acceptors (Lipinski definition) is 5. The van der Waals surface area contributed by atoms with Gasteiger partial charge >= 0.3 is 5.97 Å². The zero-order valence-electron chi connectivity index (χ0n) is 10.2. The quantitative estimate of drug-likeness (QED) is 0.907. The minimum absolute atomic E-state index is 0.0185. The van der Waals surface area contributed by atoms with Gasteiger partial charge in [0, 0.05) is 12.6 Å². The van der Waals surface area contributed by atoms with Gasteiger partial charge < -0.3 is 10.0 Å². The van der Waals surface area contributed by atoms with Crippen LogP contribution in [0.4, 0.5) is 5.82 Å². The number of nitrogens with zero attached hydrogens (tertiary/aromatic N) is 3. The van der Waals surface area contributed by atoms with E-state index in [4.69, 9.17) is 5.11 Å². The van der Waals surface area contributed by atoms with Crippen LogP contribution in [0.1, 0.15) is 28.9 Å². The number of carbonyl (C=O) groups is 1. The average Bonchev–Trinajstić information content (AvgIpc) is 3.13. The molecule has 0 aliphatic heterocycles. The van der Waals surface area contributed by atoms with Crippen LogP contribution < -0.4 is 4.90 Å². The molecule has 2 aromatic heterocycles. The van der Waals surface area contributed by atoms with Crippen molar-refractivity contribution in [3.8, 4) is 0 Å². The highest BCUT2D eigenvalue weighted by molar-refractivity contribution is 7.07. The second kappa shape index (κ2) is 4.97. The smallest absolute Gasteiger partial charge is 0.356 e. The summed E-state index contributed by atoms with van der Waals surface area (Å²) in [5, 5.41) is 13.0. The number of hydrogen-bond donors (Lipinski definition) is 1. The minimum Gasteiger partial charge on any atom is -0.476 e. The van der Waals surface area contributed by atoms with E-state index >= 15 is 0 Å². The van der Waals surface area contributed by atoms with Crippen molar-refractivity contribution >= 4 is 23.1 Å². The largest absolute Gasteiger partial charge is 0.476 e. The van der Waals surface area contributed by atoms with Gasteiger partial charge in [-0.3, -0.25) is 0 Å². The molecule has 0 atom stereocenters. The summed E-state index contributed by atoms with van der Waals surface area (Å²) in [5.74, 6) is -0.298. The number of aromatic carboxylic acids is 1. The third-order valence-electron chi connectivity index (χ3n) is 3.07. The molecule has 0 aromatic carbocycles. The van der Waals surface area contributed by atoms with Crippen LogP contribution in [0, 0.1) is 0 Å². The molecular formula is C13H13N3O2S. The lowest BCUT2D eigenvalue weighted by Gasteiger charge is -2.22. The van der Waals surface area contributed by atoms with Crippen LogP contribution in [-0.2, 0) is 6.54 Å². The third kappa shape index (κ3) is 2.73. The summed E-state index contributed by atoms with van der Waals surface area (Å²) in [4.78, 5) is 21.1. The summed E-state index contributed by atoms with van der Waals surface area (Å²) < 4.78 is 0. The molecule has 5 nitrogen and oxygen atoms in total. The lowest BCUT2D eigenvalue weighted by atomic mass is 10.3. The summed E-state index contributed by atoms with van der Waals surface area (Å²) in [5.41, 5.74) is 1.23. The van der Waals surface area contributed by atoms with Crippen molar-refractivity contribution in [3.05, 3.63) is 40.5 Å². The van der Waals surface area contributed by atoms with E-state index in [1.807, 2.05) is 0 Å². The molecule has 0 spiro atoms. The molecule has 19 heavy (non-hydrogen) atoms. The van der Waals surface area contributed by atoms with Crippen LogP contribution in [0.2, 0.25) is 0 Å². The first-order chi connectivity index (χ1) is 9.24. The molecule has 0 saturated heterocycles. The number of rotatable bonds is 5. The van der Waals surface area contributed by atoms with Gasteiger partial charge in [0.05, 0.1) is 12.4 Å². The first-order valence-electron chi connectivity index (χ1n) is 6.07. The van der Waals surface area contributed by atoms with Crippen LogP contribution >= 0.6 is 11.3 Å². The number of carboxylic acids is 1. The Bertz CT molecular complexity index is 564. The molecule has 1 aliphatic rings. The predicted octanol–water partition coefficient (Wildman–Crippen LogP) is 2.41. The van der Waals surface area contributed by atoms with E-state index in [0.29, 0.717) is 6.04 Å². The van der Waals surface area contributed by atoms with Gasteiger partial charge in [-0.15, -0.1) is 0 Å². The maximum Gasteiger partial charge on any atom is 0.356 e. The van der Waals surface area contributed by atoms with Crippen LogP contribution in [0.3, 0.4) is 0 Å².